The summed E-state index contributed by atoms with van der Waals surface area (Å²) >= 11 is 0. The van der Waals surface area contributed by atoms with Crippen molar-refractivity contribution in [3.8, 4) is 11.5 Å². The van der Waals surface area contributed by atoms with Crippen LogP contribution in [0.5, 0.6) is 11.5 Å². The van der Waals surface area contributed by atoms with Crippen molar-refractivity contribution in [1.29, 1.82) is 0 Å². The van der Waals surface area contributed by atoms with Gasteiger partial charge in [0.15, 0.2) is 11.5 Å². The highest BCUT2D eigenvalue weighted by molar-refractivity contribution is 7.93. The second-order valence-corrected chi connectivity index (χ2v) is 9.12. The topological polar surface area (TPSA) is 84.9 Å². The fourth-order valence-corrected chi connectivity index (χ4v) is 4.73. The predicted octanol–water partition coefficient (Wildman–Crippen LogP) is 4.06. The fourth-order valence-electron chi connectivity index (χ4n) is 3.18. The largest absolute Gasteiger partial charge is 0.490 e. The molecule has 0 spiro atoms. The van der Waals surface area contributed by atoms with Crippen molar-refractivity contribution >= 4 is 27.3 Å². The summed E-state index contributed by atoms with van der Waals surface area (Å²) in [5.41, 5.74) is 1.47. The van der Waals surface area contributed by atoms with Gasteiger partial charge in [-0.05, 0) is 49.6 Å². The third kappa shape index (κ3) is 5.24. The van der Waals surface area contributed by atoms with Crippen LogP contribution < -0.4 is 19.1 Å². The fraction of sp³-hybridized carbons (Fsp3) is 0.409. The van der Waals surface area contributed by atoms with Gasteiger partial charge in [-0.15, -0.1) is 0 Å². The molecule has 3 rings (SSSR count). The van der Waals surface area contributed by atoms with E-state index in [1.54, 1.807) is 42.5 Å². The average Bonchev–Trinajstić information content (AvgIpc) is 3.10. The van der Waals surface area contributed by atoms with Gasteiger partial charge in [-0.1, -0.05) is 19.9 Å². The number of ether oxygens (including phenoxy) is 2. The van der Waals surface area contributed by atoms with E-state index in [0.717, 1.165) is 12.8 Å². The first-order valence-corrected chi connectivity index (χ1v) is 11.9. The maximum atomic E-state index is 12.8. The molecule has 1 amide bonds. The number of nitrogens with one attached hydrogen (secondary N) is 1. The highest BCUT2D eigenvalue weighted by atomic mass is 32.2. The van der Waals surface area contributed by atoms with Crippen LogP contribution in [0.2, 0.25) is 0 Å². The number of rotatable bonds is 9. The average molecular weight is 433 g/mol. The molecule has 0 radical (unpaired) electrons. The molecule has 0 aliphatic carbocycles. The predicted molar refractivity (Wildman–Crippen MR) is 118 cm³/mol. The quantitative estimate of drug-likeness (QED) is 0.646. The number of anilines is 2. The Morgan fingerprint density at radius 3 is 2.43 bits per heavy atom. The lowest BCUT2D eigenvalue weighted by atomic mass is 10.1. The van der Waals surface area contributed by atoms with Crippen LogP contribution in [0.15, 0.2) is 42.5 Å². The number of carbonyl (C=O) groups excluding carboxylic acids is 1. The number of carbonyl (C=O) groups is 1. The van der Waals surface area contributed by atoms with Crippen LogP contribution in [0.25, 0.3) is 0 Å². The summed E-state index contributed by atoms with van der Waals surface area (Å²) in [5.74, 6) is 1.04. The van der Waals surface area contributed by atoms with E-state index in [1.165, 1.54) is 4.31 Å². The van der Waals surface area contributed by atoms with Crippen molar-refractivity contribution in [2.45, 2.75) is 33.1 Å². The van der Waals surface area contributed by atoms with Crippen LogP contribution in [-0.2, 0) is 10.0 Å². The van der Waals surface area contributed by atoms with E-state index in [9.17, 15) is 13.2 Å². The summed E-state index contributed by atoms with van der Waals surface area (Å²) < 4.78 is 37.2. The van der Waals surface area contributed by atoms with E-state index < -0.39 is 10.0 Å². The Bertz CT molecular complexity index is 991. The lowest BCUT2D eigenvalue weighted by Gasteiger charge is -2.17. The van der Waals surface area contributed by atoms with Crippen molar-refractivity contribution in [2.75, 3.05) is 35.1 Å². The van der Waals surface area contributed by atoms with Crippen molar-refractivity contribution in [1.82, 2.24) is 0 Å². The van der Waals surface area contributed by atoms with Gasteiger partial charge in [0.2, 0.25) is 10.0 Å². The summed E-state index contributed by atoms with van der Waals surface area (Å²) in [5, 5.41) is 2.85. The number of hydrogen-bond acceptors (Lipinski definition) is 5. The molecule has 0 saturated carbocycles. The van der Waals surface area contributed by atoms with Crippen LogP contribution in [0, 0.1) is 0 Å². The van der Waals surface area contributed by atoms with Crippen LogP contribution in [-0.4, -0.2) is 39.8 Å². The highest BCUT2D eigenvalue weighted by Crippen LogP contribution is 2.31. The van der Waals surface area contributed by atoms with Gasteiger partial charge in [0.05, 0.1) is 24.7 Å². The number of sulfonamides is 1. The minimum atomic E-state index is -3.30. The normalized spacial score (nSPS) is 15.1. The molecule has 2 aromatic carbocycles. The molecule has 1 saturated heterocycles. The van der Waals surface area contributed by atoms with E-state index >= 15 is 0 Å². The summed E-state index contributed by atoms with van der Waals surface area (Å²) in [6, 6.07) is 11.9. The molecule has 0 atom stereocenters. The molecule has 30 heavy (non-hydrogen) atoms. The summed E-state index contributed by atoms with van der Waals surface area (Å²) in [4.78, 5) is 12.8. The third-order valence-corrected chi connectivity index (χ3v) is 6.49. The maximum Gasteiger partial charge on any atom is 0.255 e. The van der Waals surface area contributed by atoms with Crippen LogP contribution in [0.4, 0.5) is 11.4 Å². The Balaban J connectivity index is 1.77. The van der Waals surface area contributed by atoms with Crippen molar-refractivity contribution in [3.63, 3.8) is 0 Å². The zero-order valence-corrected chi connectivity index (χ0v) is 18.2. The molecule has 0 bridgehead atoms. The molecule has 1 fully saturated rings. The van der Waals surface area contributed by atoms with Gasteiger partial charge >= 0.3 is 0 Å². The first-order valence-electron chi connectivity index (χ1n) is 10.3. The zero-order valence-electron chi connectivity index (χ0n) is 17.4. The van der Waals surface area contributed by atoms with Gasteiger partial charge in [-0.3, -0.25) is 9.10 Å². The first-order chi connectivity index (χ1) is 14.4. The molecule has 162 valence electrons. The summed E-state index contributed by atoms with van der Waals surface area (Å²) in [7, 11) is -3.30. The lowest BCUT2D eigenvalue weighted by Crippen LogP contribution is -2.25. The minimum Gasteiger partial charge on any atom is -0.490 e. The second kappa shape index (κ2) is 9.84. The second-order valence-electron chi connectivity index (χ2n) is 7.10. The van der Waals surface area contributed by atoms with Crippen molar-refractivity contribution in [2.24, 2.45) is 0 Å². The van der Waals surface area contributed by atoms with E-state index in [4.69, 9.17) is 9.47 Å². The summed E-state index contributed by atoms with van der Waals surface area (Å²) in [6.45, 7) is 5.62. The Morgan fingerprint density at radius 1 is 1.03 bits per heavy atom. The van der Waals surface area contributed by atoms with E-state index in [0.29, 0.717) is 54.6 Å². The molecule has 8 heteroatoms. The number of benzene rings is 2. The number of amides is 1. The Hall–Kier alpha value is -2.74. The molecular weight excluding hydrogens is 404 g/mol. The number of nitrogens with zero attached hydrogens (tertiary/aromatic N) is 1. The molecule has 0 unspecified atom stereocenters. The van der Waals surface area contributed by atoms with Gasteiger partial charge in [-0.2, -0.15) is 0 Å². The van der Waals surface area contributed by atoms with Crippen molar-refractivity contribution < 1.29 is 22.7 Å². The van der Waals surface area contributed by atoms with Crippen LogP contribution in [0.1, 0.15) is 43.5 Å². The monoisotopic (exact) mass is 432 g/mol. The van der Waals surface area contributed by atoms with E-state index in [1.807, 2.05) is 13.8 Å². The smallest absolute Gasteiger partial charge is 0.255 e. The SMILES string of the molecule is CCCOc1ccc(NC(=O)c2cccc(N3CCCS3(=O)=O)c2)cc1OCCC. The first kappa shape index (κ1) is 22.0. The Morgan fingerprint density at radius 2 is 1.77 bits per heavy atom. The third-order valence-electron chi connectivity index (χ3n) is 4.62. The maximum absolute atomic E-state index is 12.8. The molecule has 7 nitrogen and oxygen atoms in total. The standard InChI is InChI=1S/C22H28N2O5S/c1-3-12-28-20-10-9-18(16-21(20)29-13-4-2)23-22(25)17-7-5-8-19(15-17)24-11-6-14-30(24,26)27/h5,7-10,15-16H,3-4,6,11-14H2,1-2H3,(H,23,25). The molecular formula is C22H28N2O5S. The summed E-state index contributed by atoms with van der Waals surface area (Å²) in [6.07, 6.45) is 2.33. The van der Waals surface area contributed by atoms with Crippen molar-refractivity contribution in [3.05, 3.63) is 48.0 Å². The highest BCUT2D eigenvalue weighted by Gasteiger charge is 2.28. The van der Waals surface area contributed by atoms with Gasteiger partial charge in [0, 0.05) is 23.9 Å². The molecule has 1 aliphatic rings. The molecule has 1 aliphatic heterocycles. The van der Waals surface area contributed by atoms with Gasteiger partial charge in [0.1, 0.15) is 0 Å². The molecule has 2 aromatic rings. The Kier molecular flexibility index (Phi) is 7.20. The van der Waals surface area contributed by atoms with Crippen LogP contribution >= 0.6 is 0 Å². The van der Waals surface area contributed by atoms with E-state index in [2.05, 4.69) is 5.32 Å². The van der Waals surface area contributed by atoms with Gasteiger partial charge < -0.3 is 14.8 Å². The minimum absolute atomic E-state index is 0.135. The van der Waals surface area contributed by atoms with E-state index in [-0.39, 0.29) is 11.7 Å². The van der Waals surface area contributed by atoms with Gasteiger partial charge in [0.25, 0.3) is 5.91 Å². The Labute approximate surface area is 178 Å². The van der Waals surface area contributed by atoms with Gasteiger partial charge in [-0.25, -0.2) is 8.42 Å². The zero-order chi connectivity index (χ0) is 21.6. The molecule has 0 aromatic heterocycles. The molecule has 1 N–H and O–H groups in total. The number of hydrogen-bond donors (Lipinski definition) is 1. The lowest BCUT2D eigenvalue weighted by molar-refractivity contribution is 0.102. The van der Waals surface area contributed by atoms with Crippen LogP contribution in [0.3, 0.4) is 0 Å². The molecule has 1 heterocycles.